The number of hydrogen-bond acceptors (Lipinski definition) is 4. The summed E-state index contributed by atoms with van der Waals surface area (Å²) in [5, 5.41) is 1.03. The van der Waals surface area contributed by atoms with Crippen LogP contribution in [0, 0.1) is 5.92 Å². The van der Waals surface area contributed by atoms with Crippen LogP contribution in [-0.4, -0.2) is 65.0 Å². The lowest BCUT2D eigenvalue weighted by Crippen LogP contribution is -2.51. The molecule has 2 aromatic rings. The van der Waals surface area contributed by atoms with Gasteiger partial charge in [-0.2, -0.15) is 0 Å². The normalized spacial score (nSPS) is 22.8. The Morgan fingerprint density at radius 1 is 0.966 bits per heavy atom. The number of carbonyl (C=O) groups excluding carboxylic acids is 2. The third-order valence-corrected chi connectivity index (χ3v) is 6.43. The minimum Gasteiger partial charge on any atom is -0.381 e. The van der Waals surface area contributed by atoms with Gasteiger partial charge in [-0.3, -0.25) is 9.59 Å². The zero-order valence-electron chi connectivity index (χ0n) is 16.6. The number of benzene rings is 1. The molecular formula is C23H27N3O3. The van der Waals surface area contributed by atoms with E-state index < -0.39 is 0 Å². The molecule has 2 saturated heterocycles. The van der Waals surface area contributed by atoms with Crippen LogP contribution in [0.25, 0.3) is 10.9 Å². The fourth-order valence-electron chi connectivity index (χ4n) is 4.66. The first kappa shape index (κ1) is 18.6. The fraction of sp³-hybridized carbons (Fsp3) is 0.522. The van der Waals surface area contributed by atoms with E-state index in [1.807, 2.05) is 41.3 Å². The standard InChI is InChI=1S/C23H27N3O3/c27-22(17-5-6-17)26(18-10-13-29-14-11-18)19-9-12-25(15-19)23(28)21-8-7-16-3-1-2-4-20(16)24-21/h1-4,7-8,17-19H,5-6,9-15H2. The number of para-hydroxylation sites is 1. The van der Waals surface area contributed by atoms with Crippen LogP contribution in [0.3, 0.4) is 0 Å². The summed E-state index contributed by atoms with van der Waals surface area (Å²) in [6.07, 6.45) is 4.66. The van der Waals surface area contributed by atoms with Crippen LogP contribution in [0.5, 0.6) is 0 Å². The Bertz CT molecular complexity index is 920. The van der Waals surface area contributed by atoms with Crippen LogP contribution >= 0.6 is 0 Å². The zero-order valence-corrected chi connectivity index (χ0v) is 16.6. The molecule has 1 unspecified atom stereocenters. The molecular weight excluding hydrogens is 366 g/mol. The average Bonchev–Trinajstić information content (AvgIpc) is 3.52. The maximum atomic E-state index is 13.1. The molecule has 0 radical (unpaired) electrons. The van der Waals surface area contributed by atoms with Crippen LogP contribution in [0.4, 0.5) is 0 Å². The number of rotatable bonds is 4. The van der Waals surface area contributed by atoms with Gasteiger partial charge in [-0.05, 0) is 44.2 Å². The van der Waals surface area contributed by atoms with Gasteiger partial charge in [0.05, 0.1) is 11.6 Å². The van der Waals surface area contributed by atoms with Crippen LogP contribution in [0.15, 0.2) is 36.4 Å². The van der Waals surface area contributed by atoms with E-state index >= 15 is 0 Å². The van der Waals surface area contributed by atoms with Crippen molar-refractivity contribution < 1.29 is 14.3 Å². The Morgan fingerprint density at radius 3 is 2.55 bits per heavy atom. The molecule has 5 rings (SSSR count). The molecule has 2 amide bonds. The Balaban J connectivity index is 1.32. The SMILES string of the molecule is O=C(c1ccc2ccccc2n1)N1CCC(N(C(=O)C2CC2)C2CCOCC2)C1. The summed E-state index contributed by atoms with van der Waals surface area (Å²) in [6, 6.07) is 11.9. The van der Waals surface area contributed by atoms with Crippen molar-refractivity contribution in [2.45, 2.75) is 44.2 Å². The molecule has 1 aromatic carbocycles. The van der Waals surface area contributed by atoms with E-state index in [9.17, 15) is 9.59 Å². The summed E-state index contributed by atoms with van der Waals surface area (Å²) in [6.45, 7) is 2.71. The number of fused-ring (bicyclic) bond motifs is 1. The van der Waals surface area contributed by atoms with Gasteiger partial charge in [0.2, 0.25) is 5.91 Å². The Morgan fingerprint density at radius 2 is 1.76 bits per heavy atom. The van der Waals surface area contributed by atoms with Crippen molar-refractivity contribution in [1.29, 1.82) is 0 Å². The molecule has 29 heavy (non-hydrogen) atoms. The molecule has 1 aliphatic carbocycles. The molecule has 2 aliphatic heterocycles. The number of likely N-dealkylation sites (tertiary alicyclic amines) is 1. The van der Waals surface area contributed by atoms with Crippen molar-refractivity contribution in [2.75, 3.05) is 26.3 Å². The quantitative estimate of drug-likeness (QED) is 0.801. The molecule has 3 fully saturated rings. The summed E-state index contributed by atoms with van der Waals surface area (Å²) in [4.78, 5) is 34.7. The van der Waals surface area contributed by atoms with E-state index in [-0.39, 0.29) is 23.9 Å². The summed E-state index contributed by atoms with van der Waals surface area (Å²) in [5.41, 5.74) is 1.32. The number of nitrogens with zero attached hydrogens (tertiary/aromatic N) is 3. The Labute approximate surface area is 170 Å². The van der Waals surface area contributed by atoms with Crippen LogP contribution in [0.1, 0.15) is 42.6 Å². The van der Waals surface area contributed by atoms with Gasteiger partial charge < -0.3 is 14.5 Å². The number of amides is 2. The zero-order chi connectivity index (χ0) is 19.8. The third kappa shape index (κ3) is 3.73. The highest BCUT2D eigenvalue weighted by atomic mass is 16.5. The maximum absolute atomic E-state index is 13.1. The van der Waals surface area contributed by atoms with Crippen molar-refractivity contribution in [3.8, 4) is 0 Å². The van der Waals surface area contributed by atoms with E-state index in [4.69, 9.17) is 4.74 Å². The predicted molar refractivity (Wildman–Crippen MR) is 109 cm³/mol. The largest absolute Gasteiger partial charge is 0.381 e. The summed E-state index contributed by atoms with van der Waals surface area (Å²) in [7, 11) is 0. The second kappa shape index (κ2) is 7.75. The molecule has 0 N–H and O–H groups in total. The first-order valence-corrected chi connectivity index (χ1v) is 10.8. The molecule has 3 heterocycles. The molecule has 3 aliphatic rings. The lowest BCUT2D eigenvalue weighted by atomic mass is 10.0. The highest BCUT2D eigenvalue weighted by Crippen LogP contribution is 2.35. The van der Waals surface area contributed by atoms with Gasteiger partial charge in [0.25, 0.3) is 5.91 Å². The number of pyridine rings is 1. The van der Waals surface area contributed by atoms with Gasteiger partial charge in [-0.1, -0.05) is 24.3 Å². The van der Waals surface area contributed by atoms with E-state index in [1.54, 1.807) is 0 Å². The Kier molecular flexibility index (Phi) is 4.96. The lowest BCUT2D eigenvalue weighted by Gasteiger charge is -2.38. The van der Waals surface area contributed by atoms with Crippen molar-refractivity contribution in [2.24, 2.45) is 5.92 Å². The van der Waals surface area contributed by atoms with Gasteiger partial charge in [0, 0.05) is 43.6 Å². The number of hydrogen-bond donors (Lipinski definition) is 0. The van der Waals surface area contributed by atoms with Crippen LogP contribution in [0.2, 0.25) is 0 Å². The van der Waals surface area contributed by atoms with E-state index in [2.05, 4.69) is 9.88 Å². The second-order valence-corrected chi connectivity index (χ2v) is 8.45. The van der Waals surface area contributed by atoms with Gasteiger partial charge in [-0.15, -0.1) is 0 Å². The third-order valence-electron chi connectivity index (χ3n) is 6.43. The molecule has 6 nitrogen and oxygen atoms in total. The molecule has 1 atom stereocenters. The highest BCUT2D eigenvalue weighted by Gasteiger charge is 2.42. The number of ether oxygens (including phenoxy) is 1. The maximum Gasteiger partial charge on any atom is 0.272 e. The monoisotopic (exact) mass is 393 g/mol. The van der Waals surface area contributed by atoms with Gasteiger partial charge in [-0.25, -0.2) is 4.98 Å². The topological polar surface area (TPSA) is 62.7 Å². The molecule has 6 heteroatoms. The second-order valence-electron chi connectivity index (χ2n) is 8.45. The van der Waals surface area contributed by atoms with Crippen molar-refractivity contribution in [3.05, 3.63) is 42.1 Å². The summed E-state index contributed by atoms with van der Waals surface area (Å²) >= 11 is 0. The summed E-state index contributed by atoms with van der Waals surface area (Å²) in [5.74, 6) is 0.453. The Hall–Kier alpha value is -2.47. The molecule has 152 valence electrons. The predicted octanol–water partition coefficient (Wildman–Crippen LogP) is 2.87. The van der Waals surface area contributed by atoms with Gasteiger partial charge in [0.15, 0.2) is 0 Å². The molecule has 1 saturated carbocycles. The first-order chi connectivity index (χ1) is 14.2. The fourth-order valence-corrected chi connectivity index (χ4v) is 4.66. The number of aromatic nitrogens is 1. The average molecular weight is 393 g/mol. The molecule has 0 bridgehead atoms. The van der Waals surface area contributed by atoms with Crippen molar-refractivity contribution in [1.82, 2.24) is 14.8 Å². The van der Waals surface area contributed by atoms with Crippen LogP contribution < -0.4 is 0 Å². The van der Waals surface area contributed by atoms with Gasteiger partial charge >= 0.3 is 0 Å². The first-order valence-electron chi connectivity index (χ1n) is 10.8. The molecule has 1 aromatic heterocycles. The minimum absolute atomic E-state index is 0.0379. The lowest BCUT2D eigenvalue weighted by molar-refractivity contribution is -0.139. The van der Waals surface area contributed by atoms with E-state index in [0.717, 1.165) is 56.2 Å². The van der Waals surface area contributed by atoms with E-state index in [0.29, 0.717) is 24.7 Å². The van der Waals surface area contributed by atoms with Gasteiger partial charge in [0.1, 0.15) is 5.69 Å². The smallest absolute Gasteiger partial charge is 0.272 e. The van der Waals surface area contributed by atoms with Crippen molar-refractivity contribution >= 4 is 22.7 Å². The minimum atomic E-state index is -0.0379. The van der Waals surface area contributed by atoms with E-state index in [1.165, 1.54) is 0 Å². The molecule has 0 spiro atoms. The van der Waals surface area contributed by atoms with Crippen molar-refractivity contribution in [3.63, 3.8) is 0 Å². The highest BCUT2D eigenvalue weighted by molar-refractivity contribution is 5.95. The number of carbonyl (C=O) groups is 2. The summed E-state index contributed by atoms with van der Waals surface area (Å²) < 4.78 is 5.51. The van der Waals surface area contributed by atoms with Crippen LogP contribution in [-0.2, 0) is 9.53 Å².